The van der Waals surface area contributed by atoms with Crippen molar-refractivity contribution in [1.82, 2.24) is 4.57 Å². The zero-order valence-corrected chi connectivity index (χ0v) is 9.10. The van der Waals surface area contributed by atoms with E-state index in [1.165, 1.54) is 11.5 Å². The number of aromatic nitrogens is 1. The molecule has 0 amide bonds. The number of rotatable bonds is 1. The summed E-state index contributed by atoms with van der Waals surface area (Å²) in [6.07, 6.45) is -4.29. The second-order valence-corrected chi connectivity index (χ2v) is 3.73. The van der Waals surface area contributed by atoms with Gasteiger partial charge in [0.15, 0.2) is 0 Å². The van der Waals surface area contributed by atoms with Gasteiger partial charge in [0, 0.05) is 17.4 Å². The summed E-state index contributed by atoms with van der Waals surface area (Å²) in [6.45, 7) is 3.57. The van der Waals surface area contributed by atoms with Crippen molar-refractivity contribution in [2.75, 3.05) is 0 Å². The summed E-state index contributed by atoms with van der Waals surface area (Å²) >= 11 is 0. The second kappa shape index (κ2) is 3.54. The number of fused-ring (bicyclic) bond motifs is 1. The van der Waals surface area contributed by atoms with Crippen LogP contribution in [-0.2, 0) is 12.7 Å². The molecule has 0 aliphatic heterocycles. The van der Waals surface area contributed by atoms with Crippen molar-refractivity contribution < 1.29 is 13.2 Å². The Labute approximate surface area is 91.5 Å². The van der Waals surface area contributed by atoms with Crippen molar-refractivity contribution in [3.8, 4) is 0 Å². The minimum atomic E-state index is -4.29. The summed E-state index contributed by atoms with van der Waals surface area (Å²) in [7, 11) is 0. The molecule has 0 spiro atoms. The highest BCUT2D eigenvalue weighted by atomic mass is 19.4. The Morgan fingerprint density at radius 1 is 1.19 bits per heavy atom. The zero-order chi connectivity index (χ0) is 11.9. The van der Waals surface area contributed by atoms with Gasteiger partial charge in [0.25, 0.3) is 0 Å². The largest absolute Gasteiger partial charge is 0.431 e. The monoisotopic (exact) mass is 227 g/mol. The molecule has 0 radical (unpaired) electrons. The van der Waals surface area contributed by atoms with Crippen LogP contribution in [0.3, 0.4) is 0 Å². The first-order chi connectivity index (χ1) is 7.46. The van der Waals surface area contributed by atoms with E-state index in [0.717, 1.165) is 0 Å². The molecular weight excluding hydrogens is 215 g/mol. The molecular formula is C12H12F3N. The molecule has 1 nitrogen and oxygen atoms in total. The van der Waals surface area contributed by atoms with Gasteiger partial charge in [-0.1, -0.05) is 18.2 Å². The van der Waals surface area contributed by atoms with Crippen molar-refractivity contribution in [1.29, 1.82) is 0 Å². The van der Waals surface area contributed by atoms with E-state index in [4.69, 9.17) is 0 Å². The van der Waals surface area contributed by atoms with Crippen LogP contribution in [0.2, 0.25) is 0 Å². The number of benzene rings is 1. The number of nitrogens with zero attached hydrogens (tertiary/aromatic N) is 1. The average molecular weight is 227 g/mol. The lowest BCUT2D eigenvalue weighted by Crippen LogP contribution is -2.14. The smallest absolute Gasteiger partial charge is 0.337 e. The third-order valence-electron chi connectivity index (χ3n) is 2.81. The number of aryl methyl sites for hydroxylation is 2. The van der Waals surface area contributed by atoms with E-state index in [1.807, 2.05) is 0 Å². The average Bonchev–Trinajstić information content (AvgIpc) is 2.51. The predicted octanol–water partition coefficient (Wildman–Crippen LogP) is 3.99. The highest BCUT2D eigenvalue weighted by Crippen LogP contribution is 2.37. The topological polar surface area (TPSA) is 4.93 Å². The molecule has 0 N–H and O–H groups in total. The highest BCUT2D eigenvalue weighted by Gasteiger charge is 2.37. The Kier molecular flexibility index (Phi) is 2.45. The molecule has 0 aliphatic rings. The van der Waals surface area contributed by atoms with Crippen molar-refractivity contribution in [2.45, 2.75) is 26.6 Å². The molecule has 0 fully saturated rings. The molecule has 86 valence electrons. The molecule has 0 atom stereocenters. The van der Waals surface area contributed by atoms with Gasteiger partial charge >= 0.3 is 6.18 Å². The molecule has 2 aromatic rings. The molecule has 1 aromatic heterocycles. The lowest BCUT2D eigenvalue weighted by Gasteiger charge is -2.11. The third-order valence-corrected chi connectivity index (χ3v) is 2.81. The van der Waals surface area contributed by atoms with Gasteiger partial charge in [0.1, 0.15) is 5.69 Å². The molecule has 0 saturated heterocycles. The standard InChI is InChI=1S/C12H12F3N/c1-3-16-10-7-5-4-6-9(10)8(2)11(16)12(13,14)15/h4-7H,3H2,1-2H3. The van der Waals surface area contributed by atoms with Gasteiger partial charge in [-0.2, -0.15) is 13.2 Å². The number of hydrogen-bond acceptors (Lipinski definition) is 0. The second-order valence-electron chi connectivity index (χ2n) is 3.73. The Morgan fingerprint density at radius 3 is 2.38 bits per heavy atom. The molecule has 0 aliphatic carbocycles. The van der Waals surface area contributed by atoms with Crippen LogP contribution in [0.4, 0.5) is 13.2 Å². The fourth-order valence-corrected chi connectivity index (χ4v) is 2.17. The summed E-state index contributed by atoms with van der Waals surface area (Å²) in [6, 6.07) is 6.97. The summed E-state index contributed by atoms with van der Waals surface area (Å²) in [4.78, 5) is 0. The first-order valence-corrected chi connectivity index (χ1v) is 5.11. The van der Waals surface area contributed by atoms with Gasteiger partial charge in [-0.15, -0.1) is 0 Å². The van der Waals surface area contributed by atoms with E-state index in [9.17, 15) is 13.2 Å². The van der Waals surface area contributed by atoms with Gasteiger partial charge in [0.05, 0.1) is 0 Å². The van der Waals surface area contributed by atoms with Crippen LogP contribution in [0.5, 0.6) is 0 Å². The fraction of sp³-hybridized carbons (Fsp3) is 0.333. The van der Waals surface area contributed by atoms with Crippen molar-refractivity contribution in [2.24, 2.45) is 0 Å². The van der Waals surface area contributed by atoms with Crippen molar-refractivity contribution in [3.63, 3.8) is 0 Å². The molecule has 0 unspecified atom stereocenters. The number of para-hydroxylation sites is 1. The van der Waals surface area contributed by atoms with Gasteiger partial charge in [0.2, 0.25) is 0 Å². The van der Waals surface area contributed by atoms with Crippen LogP contribution < -0.4 is 0 Å². The predicted molar refractivity (Wildman–Crippen MR) is 57.4 cm³/mol. The van der Waals surface area contributed by atoms with E-state index in [1.54, 1.807) is 31.2 Å². The van der Waals surface area contributed by atoms with Gasteiger partial charge < -0.3 is 4.57 Å². The van der Waals surface area contributed by atoms with Gasteiger partial charge in [-0.3, -0.25) is 0 Å². The van der Waals surface area contributed by atoms with Crippen LogP contribution in [0.1, 0.15) is 18.2 Å². The lowest BCUT2D eigenvalue weighted by molar-refractivity contribution is -0.143. The summed E-state index contributed by atoms with van der Waals surface area (Å²) in [5, 5.41) is 0.677. The molecule has 16 heavy (non-hydrogen) atoms. The summed E-state index contributed by atoms with van der Waals surface area (Å²) in [5.41, 5.74) is 0.427. The molecule has 0 bridgehead atoms. The van der Waals surface area contributed by atoms with E-state index < -0.39 is 11.9 Å². The van der Waals surface area contributed by atoms with Gasteiger partial charge in [-0.05, 0) is 25.5 Å². The van der Waals surface area contributed by atoms with Crippen LogP contribution in [-0.4, -0.2) is 4.57 Å². The van der Waals surface area contributed by atoms with E-state index in [-0.39, 0.29) is 0 Å². The minimum absolute atomic E-state index is 0.310. The Bertz CT molecular complexity index is 523. The number of alkyl halides is 3. The van der Waals surface area contributed by atoms with Crippen molar-refractivity contribution in [3.05, 3.63) is 35.5 Å². The maximum absolute atomic E-state index is 12.9. The normalized spacial score (nSPS) is 12.3. The molecule has 0 saturated carbocycles. The molecule has 2 rings (SSSR count). The maximum Gasteiger partial charge on any atom is 0.431 e. The van der Waals surface area contributed by atoms with Crippen LogP contribution in [0, 0.1) is 6.92 Å². The number of halogens is 3. The minimum Gasteiger partial charge on any atom is -0.337 e. The van der Waals surface area contributed by atoms with Crippen LogP contribution >= 0.6 is 0 Å². The maximum atomic E-state index is 12.9. The SMILES string of the molecule is CCn1c(C(F)(F)F)c(C)c2ccccc21. The molecule has 1 aromatic carbocycles. The quantitative estimate of drug-likeness (QED) is 0.694. The van der Waals surface area contributed by atoms with Crippen LogP contribution in [0.25, 0.3) is 10.9 Å². The zero-order valence-electron chi connectivity index (χ0n) is 9.10. The number of hydrogen-bond donors (Lipinski definition) is 0. The molecule has 1 heterocycles. The first kappa shape index (κ1) is 11.0. The lowest BCUT2D eigenvalue weighted by atomic mass is 10.1. The first-order valence-electron chi connectivity index (χ1n) is 5.11. The van der Waals surface area contributed by atoms with E-state index in [2.05, 4.69) is 0 Å². The summed E-state index contributed by atoms with van der Waals surface area (Å²) in [5.74, 6) is 0. The van der Waals surface area contributed by atoms with Crippen molar-refractivity contribution >= 4 is 10.9 Å². The Balaban J connectivity index is 2.87. The Morgan fingerprint density at radius 2 is 1.81 bits per heavy atom. The van der Waals surface area contributed by atoms with Gasteiger partial charge in [-0.25, -0.2) is 0 Å². The van der Waals surface area contributed by atoms with Crippen LogP contribution in [0.15, 0.2) is 24.3 Å². The Hall–Kier alpha value is -1.45. The summed E-state index contributed by atoms with van der Waals surface area (Å²) < 4.78 is 40.1. The fourth-order valence-electron chi connectivity index (χ4n) is 2.17. The molecule has 4 heteroatoms. The highest BCUT2D eigenvalue weighted by molar-refractivity contribution is 5.85. The third kappa shape index (κ3) is 1.49. The van der Waals surface area contributed by atoms with E-state index >= 15 is 0 Å². The van der Waals surface area contributed by atoms with E-state index in [0.29, 0.717) is 23.0 Å².